The van der Waals surface area contributed by atoms with Gasteiger partial charge in [0.25, 0.3) is 0 Å². The minimum absolute atomic E-state index is 0.00106. The zero-order chi connectivity index (χ0) is 13.2. The summed E-state index contributed by atoms with van der Waals surface area (Å²) in [6.07, 6.45) is 0.382. The van der Waals surface area contributed by atoms with Crippen molar-refractivity contribution in [3.05, 3.63) is 35.4 Å². The Labute approximate surface area is 111 Å². The first-order valence-corrected chi connectivity index (χ1v) is 6.59. The summed E-state index contributed by atoms with van der Waals surface area (Å²) in [7, 11) is 0. The number of nitrogens with one attached hydrogen (secondary N) is 3. The van der Waals surface area contributed by atoms with Crippen LogP contribution in [0.25, 0.3) is 0 Å². The molecule has 0 aromatic heterocycles. The van der Waals surface area contributed by atoms with Crippen LogP contribution >= 0.6 is 0 Å². The Balaban J connectivity index is 1.72. The maximum atomic E-state index is 12.3. The summed E-state index contributed by atoms with van der Waals surface area (Å²) in [4.78, 5) is 23.5. The van der Waals surface area contributed by atoms with Crippen LogP contribution < -0.4 is 16.0 Å². The second-order valence-corrected chi connectivity index (χ2v) is 5.10. The Morgan fingerprint density at radius 1 is 1.26 bits per heavy atom. The monoisotopic (exact) mass is 259 g/mol. The summed E-state index contributed by atoms with van der Waals surface area (Å²) in [6.45, 7) is 1.99. The van der Waals surface area contributed by atoms with E-state index in [1.54, 1.807) is 0 Å². The molecule has 2 aliphatic heterocycles. The molecule has 2 amide bonds. The average molecular weight is 259 g/mol. The first-order chi connectivity index (χ1) is 9.24. The summed E-state index contributed by atoms with van der Waals surface area (Å²) < 4.78 is 0. The molecule has 3 rings (SSSR count). The molecular formula is C14H17N3O2. The summed E-state index contributed by atoms with van der Waals surface area (Å²) >= 11 is 0. The van der Waals surface area contributed by atoms with E-state index < -0.39 is 0 Å². The van der Waals surface area contributed by atoms with Gasteiger partial charge in [-0.2, -0.15) is 0 Å². The van der Waals surface area contributed by atoms with Gasteiger partial charge in [0.05, 0.1) is 12.0 Å². The fraction of sp³-hybridized carbons (Fsp3) is 0.429. The standard InChI is InChI=1S/C14H17N3O2/c18-13-5-10(7-16-13)17-14(19)12-8-15-6-9-3-1-2-4-11(9)12/h1-4,10,12,15H,5-8H2,(H,16,18)(H,17,19). The molecule has 2 aliphatic rings. The van der Waals surface area contributed by atoms with Crippen molar-refractivity contribution in [2.45, 2.75) is 24.9 Å². The third-order valence-corrected chi connectivity index (χ3v) is 3.73. The first-order valence-electron chi connectivity index (χ1n) is 6.59. The van der Waals surface area contributed by atoms with E-state index in [4.69, 9.17) is 0 Å². The molecule has 0 saturated carbocycles. The topological polar surface area (TPSA) is 70.2 Å². The van der Waals surface area contributed by atoms with E-state index in [9.17, 15) is 9.59 Å². The SMILES string of the molecule is O=C1CC(NC(=O)C2CNCc3ccccc32)CN1. The molecule has 1 fully saturated rings. The van der Waals surface area contributed by atoms with E-state index in [1.165, 1.54) is 5.56 Å². The molecule has 1 aromatic carbocycles. The number of carbonyl (C=O) groups excluding carboxylic acids is 2. The molecule has 0 radical (unpaired) electrons. The van der Waals surface area contributed by atoms with Crippen LogP contribution in [0.5, 0.6) is 0 Å². The molecule has 0 bridgehead atoms. The largest absolute Gasteiger partial charge is 0.354 e. The number of hydrogen-bond donors (Lipinski definition) is 3. The predicted octanol–water partition coefficient (Wildman–Crippen LogP) is -0.122. The van der Waals surface area contributed by atoms with Crippen molar-refractivity contribution in [1.29, 1.82) is 0 Å². The number of rotatable bonds is 2. The number of amides is 2. The van der Waals surface area contributed by atoms with Crippen molar-refractivity contribution in [3.8, 4) is 0 Å². The molecule has 0 aliphatic carbocycles. The third kappa shape index (κ3) is 2.46. The van der Waals surface area contributed by atoms with E-state index in [1.807, 2.05) is 24.3 Å². The van der Waals surface area contributed by atoms with Crippen LogP contribution in [0.4, 0.5) is 0 Å². The minimum Gasteiger partial charge on any atom is -0.354 e. The lowest BCUT2D eigenvalue weighted by atomic mass is 9.90. The molecule has 2 unspecified atom stereocenters. The highest BCUT2D eigenvalue weighted by Crippen LogP contribution is 2.24. The van der Waals surface area contributed by atoms with Crippen LogP contribution in [0.2, 0.25) is 0 Å². The van der Waals surface area contributed by atoms with Gasteiger partial charge in [-0.05, 0) is 11.1 Å². The van der Waals surface area contributed by atoms with Crippen LogP contribution in [0.1, 0.15) is 23.5 Å². The van der Waals surface area contributed by atoms with E-state index in [0.29, 0.717) is 19.5 Å². The van der Waals surface area contributed by atoms with Crippen molar-refractivity contribution in [2.75, 3.05) is 13.1 Å². The number of hydrogen-bond acceptors (Lipinski definition) is 3. The van der Waals surface area contributed by atoms with Gasteiger partial charge in [-0.15, -0.1) is 0 Å². The summed E-state index contributed by atoms with van der Waals surface area (Å²) in [6, 6.07) is 7.93. The number of benzene rings is 1. The van der Waals surface area contributed by atoms with Gasteiger partial charge in [0, 0.05) is 26.1 Å². The molecule has 2 heterocycles. The van der Waals surface area contributed by atoms with Crippen LogP contribution in [0, 0.1) is 0 Å². The van der Waals surface area contributed by atoms with Gasteiger partial charge in [-0.3, -0.25) is 9.59 Å². The molecule has 2 atom stereocenters. The third-order valence-electron chi connectivity index (χ3n) is 3.73. The average Bonchev–Trinajstić information content (AvgIpc) is 2.83. The van der Waals surface area contributed by atoms with Crippen molar-refractivity contribution in [2.24, 2.45) is 0 Å². The van der Waals surface area contributed by atoms with Crippen molar-refractivity contribution in [3.63, 3.8) is 0 Å². The lowest BCUT2D eigenvalue weighted by molar-refractivity contribution is -0.123. The highest BCUT2D eigenvalue weighted by Gasteiger charge is 2.29. The van der Waals surface area contributed by atoms with Crippen LogP contribution in [0.15, 0.2) is 24.3 Å². The van der Waals surface area contributed by atoms with E-state index in [0.717, 1.165) is 12.1 Å². The molecule has 100 valence electrons. The van der Waals surface area contributed by atoms with Crippen molar-refractivity contribution >= 4 is 11.8 Å². The fourth-order valence-electron chi connectivity index (χ4n) is 2.74. The molecule has 3 N–H and O–H groups in total. The van der Waals surface area contributed by atoms with Gasteiger partial charge < -0.3 is 16.0 Å². The lowest BCUT2D eigenvalue weighted by Gasteiger charge is -2.26. The lowest BCUT2D eigenvalue weighted by Crippen LogP contribution is -2.43. The summed E-state index contributed by atoms with van der Waals surface area (Å²) in [5, 5.41) is 8.95. The predicted molar refractivity (Wildman–Crippen MR) is 70.4 cm³/mol. The molecule has 19 heavy (non-hydrogen) atoms. The summed E-state index contributed by atoms with van der Waals surface area (Å²) in [5.74, 6) is -0.158. The Kier molecular flexibility index (Phi) is 3.21. The second kappa shape index (κ2) is 5.01. The van der Waals surface area contributed by atoms with Gasteiger partial charge >= 0.3 is 0 Å². The van der Waals surface area contributed by atoms with Gasteiger partial charge in [0.1, 0.15) is 0 Å². The van der Waals surface area contributed by atoms with E-state index >= 15 is 0 Å². The maximum Gasteiger partial charge on any atom is 0.229 e. The number of fused-ring (bicyclic) bond motifs is 1. The molecule has 5 heteroatoms. The molecule has 1 saturated heterocycles. The van der Waals surface area contributed by atoms with Crippen LogP contribution in [-0.4, -0.2) is 30.9 Å². The molecule has 0 spiro atoms. The van der Waals surface area contributed by atoms with Gasteiger partial charge in [0.15, 0.2) is 0 Å². The normalized spacial score (nSPS) is 25.6. The van der Waals surface area contributed by atoms with Crippen LogP contribution in [-0.2, 0) is 16.1 Å². The maximum absolute atomic E-state index is 12.3. The fourth-order valence-corrected chi connectivity index (χ4v) is 2.74. The smallest absolute Gasteiger partial charge is 0.229 e. The zero-order valence-corrected chi connectivity index (χ0v) is 10.6. The molecular weight excluding hydrogens is 242 g/mol. The summed E-state index contributed by atoms with van der Waals surface area (Å²) in [5.41, 5.74) is 2.27. The Bertz CT molecular complexity index is 515. The molecule has 1 aromatic rings. The second-order valence-electron chi connectivity index (χ2n) is 5.10. The Morgan fingerprint density at radius 3 is 2.89 bits per heavy atom. The quantitative estimate of drug-likeness (QED) is 0.693. The van der Waals surface area contributed by atoms with E-state index in [2.05, 4.69) is 16.0 Å². The van der Waals surface area contributed by atoms with Gasteiger partial charge in [0.2, 0.25) is 11.8 Å². The number of carbonyl (C=O) groups is 2. The minimum atomic E-state index is -0.166. The molecule has 5 nitrogen and oxygen atoms in total. The first kappa shape index (κ1) is 12.2. The Hall–Kier alpha value is -1.88. The van der Waals surface area contributed by atoms with Crippen molar-refractivity contribution < 1.29 is 9.59 Å². The van der Waals surface area contributed by atoms with E-state index in [-0.39, 0.29) is 23.8 Å². The Morgan fingerprint density at radius 2 is 2.11 bits per heavy atom. The van der Waals surface area contributed by atoms with Crippen molar-refractivity contribution in [1.82, 2.24) is 16.0 Å². The van der Waals surface area contributed by atoms with Gasteiger partial charge in [-0.25, -0.2) is 0 Å². The highest BCUT2D eigenvalue weighted by atomic mass is 16.2. The highest BCUT2D eigenvalue weighted by molar-refractivity contribution is 5.86. The van der Waals surface area contributed by atoms with Crippen LogP contribution in [0.3, 0.4) is 0 Å². The zero-order valence-electron chi connectivity index (χ0n) is 10.6. The van der Waals surface area contributed by atoms with Gasteiger partial charge in [-0.1, -0.05) is 24.3 Å².